The highest BCUT2D eigenvalue weighted by atomic mass is 16.2. The Hall–Kier alpha value is -1.35. The molecule has 0 radical (unpaired) electrons. The van der Waals surface area contributed by atoms with Gasteiger partial charge >= 0.3 is 0 Å². The molecule has 1 N–H and O–H groups in total. The molecule has 0 bridgehead atoms. The first kappa shape index (κ1) is 13.1. The van der Waals surface area contributed by atoms with Gasteiger partial charge in [-0.15, -0.1) is 0 Å². The molecule has 1 aromatic carbocycles. The lowest BCUT2D eigenvalue weighted by Crippen LogP contribution is -2.46. The summed E-state index contributed by atoms with van der Waals surface area (Å²) < 4.78 is 0. The normalized spacial score (nSPS) is 19.6. The summed E-state index contributed by atoms with van der Waals surface area (Å²) in [5.74, 6) is 0.152. The quantitative estimate of drug-likeness (QED) is 0.867. The number of benzene rings is 1. The van der Waals surface area contributed by atoms with Crippen LogP contribution < -0.4 is 5.32 Å². The Morgan fingerprint density at radius 2 is 2.00 bits per heavy atom. The highest BCUT2D eigenvalue weighted by molar-refractivity contribution is 5.97. The molecule has 1 amide bonds. The Morgan fingerprint density at radius 3 is 2.56 bits per heavy atom. The number of likely N-dealkylation sites (N-methyl/N-ethyl adjacent to an activating group) is 1. The number of rotatable bonds is 2. The summed E-state index contributed by atoms with van der Waals surface area (Å²) in [7, 11) is 1.92. The molecule has 3 nitrogen and oxygen atoms in total. The summed E-state index contributed by atoms with van der Waals surface area (Å²) in [5.41, 5.74) is 3.00. The van der Waals surface area contributed by atoms with Crippen molar-refractivity contribution in [2.45, 2.75) is 32.7 Å². The van der Waals surface area contributed by atoms with Crippen molar-refractivity contribution in [3.63, 3.8) is 0 Å². The summed E-state index contributed by atoms with van der Waals surface area (Å²) in [5, 5.41) is 3.36. The van der Waals surface area contributed by atoms with Gasteiger partial charge in [-0.25, -0.2) is 0 Å². The van der Waals surface area contributed by atoms with E-state index in [1.54, 1.807) is 0 Å². The van der Waals surface area contributed by atoms with Crippen LogP contribution in [0, 0.1) is 13.8 Å². The number of amides is 1. The third-order valence-electron chi connectivity index (χ3n) is 3.83. The highest BCUT2D eigenvalue weighted by Crippen LogP contribution is 2.18. The summed E-state index contributed by atoms with van der Waals surface area (Å²) in [6, 6.07) is 6.34. The molecular weight excluding hydrogens is 224 g/mol. The summed E-state index contributed by atoms with van der Waals surface area (Å²) >= 11 is 0. The first-order chi connectivity index (χ1) is 8.61. The van der Waals surface area contributed by atoms with Crippen LogP contribution >= 0.6 is 0 Å². The van der Waals surface area contributed by atoms with Gasteiger partial charge in [0.15, 0.2) is 0 Å². The molecule has 1 aliphatic heterocycles. The lowest BCUT2D eigenvalue weighted by Gasteiger charge is -2.32. The van der Waals surface area contributed by atoms with Crippen LogP contribution in [-0.4, -0.2) is 37.0 Å². The molecular formula is C15H22N2O. The SMILES string of the molecule is Cc1cccc(C)c1C(=O)N(C)C1CCCNC1. The molecule has 1 aliphatic rings. The second-order valence-corrected chi connectivity index (χ2v) is 5.18. The van der Waals surface area contributed by atoms with E-state index in [-0.39, 0.29) is 5.91 Å². The number of carbonyl (C=O) groups excluding carboxylic acids is 1. The maximum Gasteiger partial charge on any atom is 0.254 e. The lowest BCUT2D eigenvalue weighted by molar-refractivity contribution is 0.0707. The zero-order valence-electron chi connectivity index (χ0n) is 11.5. The Bertz CT molecular complexity index is 416. The monoisotopic (exact) mass is 246 g/mol. The van der Waals surface area contributed by atoms with Crippen molar-refractivity contribution in [1.82, 2.24) is 10.2 Å². The number of hydrogen-bond donors (Lipinski definition) is 1. The predicted molar refractivity (Wildman–Crippen MR) is 73.9 cm³/mol. The van der Waals surface area contributed by atoms with E-state index in [0.717, 1.165) is 42.6 Å². The molecule has 18 heavy (non-hydrogen) atoms. The minimum absolute atomic E-state index is 0.152. The van der Waals surface area contributed by atoms with Gasteiger partial charge in [0.2, 0.25) is 0 Å². The molecule has 1 atom stereocenters. The van der Waals surface area contributed by atoms with E-state index in [1.807, 2.05) is 44.0 Å². The zero-order valence-corrected chi connectivity index (χ0v) is 11.5. The fourth-order valence-electron chi connectivity index (χ4n) is 2.66. The smallest absolute Gasteiger partial charge is 0.254 e. The standard InChI is InChI=1S/C15H22N2O/c1-11-6-4-7-12(2)14(11)15(18)17(3)13-8-5-9-16-10-13/h4,6-7,13,16H,5,8-10H2,1-3H3. The highest BCUT2D eigenvalue weighted by Gasteiger charge is 2.24. The predicted octanol–water partition coefficient (Wildman–Crippen LogP) is 2.13. The molecule has 2 rings (SSSR count). The van der Waals surface area contributed by atoms with Gasteiger partial charge in [-0.1, -0.05) is 18.2 Å². The molecule has 1 aromatic rings. The topological polar surface area (TPSA) is 32.3 Å². The average Bonchev–Trinajstić information content (AvgIpc) is 2.38. The van der Waals surface area contributed by atoms with E-state index in [1.165, 1.54) is 0 Å². The first-order valence-electron chi connectivity index (χ1n) is 6.65. The van der Waals surface area contributed by atoms with Crippen molar-refractivity contribution in [2.75, 3.05) is 20.1 Å². The number of piperidine rings is 1. The molecule has 0 aliphatic carbocycles. The fraction of sp³-hybridized carbons (Fsp3) is 0.533. The van der Waals surface area contributed by atoms with E-state index in [2.05, 4.69) is 5.32 Å². The van der Waals surface area contributed by atoms with E-state index in [4.69, 9.17) is 0 Å². The van der Waals surface area contributed by atoms with Crippen LogP contribution in [0.25, 0.3) is 0 Å². The van der Waals surface area contributed by atoms with Crippen molar-refractivity contribution in [1.29, 1.82) is 0 Å². The van der Waals surface area contributed by atoms with Crippen molar-refractivity contribution < 1.29 is 4.79 Å². The number of hydrogen-bond acceptors (Lipinski definition) is 2. The minimum atomic E-state index is 0.152. The molecule has 3 heteroatoms. The van der Waals surface area contributed by atoms with Crippen molar-refractivity contribution >= 4 is 5.91 Å². The van der Waals surface area contributed by atoms with E-state index in [0.29, 0.717) is 6.04 Å². The van der Waals surface area contributed by atoms with Crippen LogP contribution in [0.1, 0.15) is 34.3 Å². The molecule has 0 saturated carbocycles. The maximum absolute atomic E-state index is 12.6. The van der Waals surface area contributed by atoms with Crippen LogP contribution in [0.5, 0.6) is 0 Å². The molecule has 1 heterocycles. The molecule has 1 unspecified atom stereocenters. The number of carbonyl (C=O) groups is 1. The van der Waals surface area contributed by atoms with Gasteiger partial charge in [0.25, 0.3) is 5.91 Å². The number of aryl methyl sites for hydroxylation is 2. The minimum Gasteiger partial charge on any atom is -0.337 e. The summed E-state index contributed by atoms with van der Waals surface area (Å²) in [6.45, 7) is 6.00. The fourth-order valence-corrected chi connectivity index (χ4v) is 2.66. The Labute approximate surface area is 109 Å². The molecule has 98 valence electrons. The third kappa shape index (κ3) is 2.56. The van der Waals surface area contributed by atoms with Crippen molar-refractivity contribution in [3.05, 3.63) is 34.9 Å². The van der Waals surface area contributed by atoms with Gasteiger partial charge in [0.05, 0.1) is 0 Å². The first-order valence-corrected chi connectivity index (χ1v) is 6.65. The third-order valence-corrected chi connectivity index (χ3v) is 3.83. The second kappa shape index (κ2) is 5.53. The average molecular weight is 246 g/mol. The van der Waals surface area contributed by atoms with Crippen LogP contribution in [-0.2, 0) is 0 Å². The van der Waals surface area contributed by atoms with Gasteiger partial charge in [-0.05, 0) is 44.4 Å². The van der Waals surface area contributed by atoms with Crippen LogP contribution in [0.3, 0.4) is 0 Å². The van der Waals surface area contributed by atoms with Gasteiger partial charge < -0.3 is 10.2 Å². The number of nitrogens with zero attached hydrogens (tertiary/aromatic N) is 1. The number of nitrogens with one attached hydrogen (secondary N) is 1. The largest absolute Gasteiger partial charge is 0.337 e. The van der Waals surface area contributed by atoms with E-state index >= 15 is 0 Å². The Morgan fingerprint density at radius 1 is 1.33 bits per heavy atom. The molecule has 1 saturated heterocycles. The van der Waals surface area contributed by atoms with Gasteiger partial charge in [0, 0.05) is 25.2 Å². The maximum atomic E-state index is 12.6. The second-order valence-electron chi connectivity index (χ2n) is 5.18. The van der Waals surface area contributed by atoms with Gasteiger partial charge in [-0.3, -0.25) is 4.79 Å². The van der Waals surface area contributed by atoms with Gasteiger partial charge in [-0.2, -0.15) is 0 Å². The lowest BCUT2D eigenvalue weighted by atomic mass is 10.00. The van der Waals surface area contributed by atoms with Crippen LogP contribution in [0.15, 0.2) is 18.2 Å². The molecule has 0 spiro atoms. The molecule has 0 aromatic heterocycles. The molecule has 1 fully saturated rings. The van der Waals surface area contributed by atoms with Gasteiger partial charge in [0.1, 0.15) is 0 Å². The van der Waals surface area contributed by atoms with Crippen LogP contribution in [0.2, 0.25) is 0 Å². The zero-order chi connectivity index (χ0) is 13.1. The summed E-state index contributed by atoms with van der Waals surface area (Å²) in [4.78, 5) is 14.5. The van der Waals surface area contributed by atoms with Crippen molar-refractivity contribution in [2.24, 2.45) is 0 Å². The van der Waals surface area contributed by atoms with Crippen LogP contribution in [0.4, 0.5) is 0 Å². The Balaban J connectivity index is 2.19. The van der Waals surface area contributed by atoms with E-state index in [9.17, 15) is 4.79 Å². The Kier molecular flexibility index (Phi) is 4.02. The summed E-state index contributed by atoms with van der Waals surface area (Å²) in [6.07, 6.45) is 2.25. The van der Waals surface area contributed by atoms with E-state index < -0.39 is 0 Å². The van der Waals surface area contributed by atoms with Crippen molar-refractivity contribution in [3.8, 4) is 0 Å².